The number of nitriles is 1. The number of morpholine rings is 1. The van der Waals surface area contributed by atoms with Crippen LogP contribution in [-0.2, 0) is 16.1 Å². The first kappa shape index (κ1) is 19.6. The van der Waals surface area contributed by atoms with Gasteiger partial charge in [-0.2, -0.15) is 10.2 Å². The summed E-state index contributed by atoms with van der Waals surface area (Å²) in [7, 11) is 0. The molecule has 0 spiro atoms. The number of rotatable bonds is 4. The predicted octanol–water partition coefficient (Wildman–Crippen LogP) is 2.92. The molecule has 2 fully saturated rings. The number of thioether (sulfide) groups is 1. The lowest BCUT2D eigenvalue weighted by Crippen LogP contribution is -2.36. The zero-order chi connectivity index (χ0) is 20.4. The highest BCUT2D eigenvalue weighted by atomic mass is 32.2. The molecule has 2 saturated heterocycles. The van der Waals surface area contributed by atoms with Crippen molar-refractivity contribution in [1.29, 1.82) is 5.26 Å². The molecule has 1 aromatic heterocycles. The van der Waals surface area contributed by atoms with Crippen molar-refractivity contribution in [3.05, 3.63) is 52.1 Å². The Balaban J connectivity index is 1.54. The van der Waals surface area contributed by atoms with Crippen LogP contribution in [0.1, 0.15) is 17.1 Å². The van der Waals surface area contributed by atoms with E-state index in [1.165, 1.54) is 23.1 Å². The summed E-state index contributed by atoms with van der Waals surface area (Å²) in [5.74, 6) is -0.0737. The number of nitrogens with zero attached hydrogens (tertiary/aromatic N) is 4. The van der Waals surface area contributed by atoms with Gasteiger partial charge in [0.15, 0.2) is 0 Å². The molecule has 148 valence electrons. The summed E-state index contributed by atoms with van der Waals surface area (Å²) < 4.78 is 24.5. The van der Waals surface area contributed by atoms with E-state index < -0.39 is 0 Å². The van der Waals surface area contributed by atoms with Crippen LogP contribution in [0.25, 0.3) is 6.08 Å². The van der Waals surface area contributed by atoms with Gasteiger partial charge in [0.05, 0.1) is 24.7 Å². The third kappa shape index (κ3) is 4.17. The lowest BCUT2D eigenvalue weighted by Gasteiger charge is -2.25. The molecular weight excluding hydrogens is 415 g/mol. The molecule has 2 aliphatic heterocycles. The third-order valence-corrected chi connectivity index (χ3v) is 5.79. The van der Waals surface area contributed by atoms with Gasteiger partial charge < -0.3 is 14.1 Å². The van der Waals surface area contributed by atoms with E-state index in [-0.39, 0.29) is 29.9 Å². The first-order valence-electron chi connectivity index (χ1n) is 8.78. The molecule has 0 N–H and O–H groups in total. The number of thiocarbonyl (C=S) groups is 1. The average molecular weight is 430 g/mol. The fourth-order valence-electron chi connectivity index (χ4n) is 2.96. The first-order chi connectivity index (χ1) is 14.0. The highest BCUT2D eigenvalue weighted by molar-refractivity contribution is 8.26. The number of hydrogen-bond acceptors (Lipinski definition) is 8. The van der Waals surface area contributed by atoms with Gasteiger partial charge >= 0.3 is 0 Å². The van der Waals surface area contributed by atoms with Gasteiger partial charge in [-0.3, -0.25) is 9.69 Å². The Bertz CT molecular complexity index is 1020. The molecule has 4 rings (SSSR count). The molecule has 0 saturated carbocycles. The summed E-state index contributed by atoms with van der Waals surface area (Å²) >= 11 is 6.46. The lowest BCUT2D eigenvalue weighted by molar-refractivity contribution is -0.122. The smallest absolute Gasteiger partial charge is 0.266 e. The minimum atomic E-state index is -0.340. The number of benzene rings is 1. The van der Waals surface area contributed by atoms with Crippen molar-refractivity contribution < 1.29 is 18.3 Å². The molecule has 0 unspecified atom stereocenters. The molecule has 2 aliphatic rings. The zero-order valence-corrected chi connectivity index (χ0v) is 16.8. The van der Waals surface area contributed by atoms with Crippen LogP contribution in [-0.4, -0.2) is 46.4 Å². The van der Waals surface area contributed by atoms with E-state index in [1.807, 2.05) is 11.0 Å². The average Bonchev–Trinajstić information content (AvgIpc) is 3.26. The topological polar surface area (TPSA) is 82.6 Å². The van der Waals surface area contributed by atoms with Crippen molar-refractivity contribution >= 4 is 46.2 Å². The summed E-state index contributed by atoms with van der Waals surface area (Å²) in [6.45, 7) is 2.54. The highest BCUT2D eigenvalue weighted by Crippen LogP contribution is 2.34. The molecule has 7 nitrogen and oxygen atoms in total. The fourth-order valence-corrected chi connectivity index (χ4v) is 4.18. The Hall–Kier alpha value is -2.74. The van der Waals surface area contributed by atoms with Gasteiger partial charge in [-0.1, -0.05) is 36.1 Å². The Morgan fingerprint density at radius 2 is 2.03 bits per heavy atom. The summed E-state index contributed by atoms with van der Waals surface area (Å²) in [6.07, 6.45) is 1.49. The largest absolute Gasteiger partial charge is 0.420 e. The van der Waals surface area contributed by atoms with E-state index in [2.05, 4.69) is 4.98 Å². The van der Waals surface area contributed by atoms with Crippen LogP contribution in [0.4, 0.5) is 10.3 Å². The summed E-state index contributed by atoms with van der Waals surface area (Å²) in [5.41, 5.74) is 0.932. The first-order valence-corrected chi connectivity index (χ1v) is 10.0. The van der Waals surface area contributed by atoms with E-state index in [1.54, 1.807) is 12.1 Å². The van der Waals surface area contributed by atoms with Gasteiger partial charge in [-0.25, -0.2) is 4.39 Å². The van der Waals surface area contributed by atoms with Gasteiger partial charge in [-0.05, 0) is 17.7 Å². The summed E-state index contributed by atoms with van der Waals surface area (Å²) in [4.78, 5) is 20.7. The Kier molecular flexibility index (Phi) is 5.62. The number of amides is 1. The van der Waals surface area contributed by atoms with Crippen LogP contribution in [0.5, 0.6) is 0 Å². The van der Waals surface area contributed by atoms with E-state index in [0.29, 0.717) is 41.4 Å². The van der Waals surface area contributed by atoms with Crippen LogP contribution in [0.2, 0.25) is 0 Å². The molecule has 1 amide bonds. The van der Waals surface area contributed by atoms with Crippen LogP contribution >= 0.6 is 24.0 Å². The minimum absolute atomic E-state index is 0.167. The molecule has 0 bridgehead atoms. The molecule has 0 atom stereocenters. The van der Waals surface area contributed by atoms with E-state index in [4.69, 9.17) is 21.4 Å². The molecule has 2 aromatic rings. The van der Waals surface area contributed by atoms with E-state index >= 15 is 0 Å². The van der Waals surface area contributed by atoms with Gasteiger partial charge in [0, 0.05) is 19.2 Å². The van der Waals surface area contributed by atoms with Crippen molar-refractivity contribution in [2.45, 2.75) is 6.54 Å². The van der Waals surface area contributed by atoms with E-state index in [0.717, 1.165) is 17.3 Å². The van der Waals surface area contributed by atoms with Gasteiger partial charge in [0.25, 0.3) is 5.91 Å². The highest BCUT2D eigenvalue weighted by Gasteiger charge is 2.33. The number of carbonyl (C=O) groups excluding carboxylic acids is 1. The van der Waals surface area contributed by atoms with Crippen LogP contribution in [0.3, 0.4) is 0 Å². The summed E-state index contributed by atoms with van der Waals surface area (Å²) in [5, 5.41) is 9.36. The van der Waals surface area contributed by atoms with Gasteiger partial charge in [0.1, 0.15) is 16.2 Å². The SMILES string of the molecule is N#Cc1nc(/C=C2\SC(=S)N(Cc3ccc(F)cc3)C2=O)oc1N1CCOCC1. The van der Waals surface area contributed by atoms with Crippen molar-refractivity contribution in [1.82, 2.24) is 9.88 Å². The molecule has 0 aliphatic carbocycles. The van der Waals surface area contributed by atoms with Crippen LogP contribution in [0, 0.1) is 17.1 Å². The number of oxazole rings is 1. The quantitative estimate of drug-likeness (QED) is 0.541. The van der Waals surface area contributed by atoms with Crippen molar-refractivity contribution in [2.75, 3.05) is 31.2 Å². The maximum Gasteiger partial charge on any atom is 0.266 e. The predicted molar refractivity (Wildman–Crippen MR) is 109 cm³/mol. The lowest BCUT2D eigenvalue weighted by atomic mass is 10.2. The van der Waals surface area contributed by atoms with Crippen LogP contribution < -0.4 is 4.90 Å². The Labute approximate surface area is 175 Å². The number of halogens is 1. The second kappa shape index (κ2) is 8.32. The Morgan fingerprint density at radius 1 is 1.31 bits per heavy atom. The second-order valence-electron chi connectivity index (χ2n) is 6.31. The summed E-state index contributed by atoms with van der Waals surface area (Å²) in [6, 6.07) is 7.93. The molecule has 29 heavy (non-hydrogen) atoms. The molecule has 0 radical (unpaired) electrons. The third-order valence-electron chi connectivity index (χ3n) is 4.41. The number of hydrogen-bond donors (Lipinski definition) is 0. The van der Waals surface area contributed by atoms with Crippen LogP contribution in [0.15, 0.2) is 33.6 Å². The zero-order valence-electron chi connectivity index (χ0n) is 15.1. The number of aromatic nitrogens is 1. The van der Waals surface area contributed by atoms with Gasteiger partial charge in [0.2, 0.25) is 17.5 Å². The number of ether oxygens (including phenoxy) is 1. The van der Waals surface area contributed by atoms with E-state index in [9.17, 15) is 14.4 Å². The standard InChI is InChI=1S/C19H15FN4O3S2/c20-13-3-1-12(2-4-13)11-24-17(25)15(29-19(24)28)9-16-22-14(10-21)18(27-16)23-5-7-26-8-6-23/h1-4,9H,5-8,11H2/b15-9-. The fraction of sp³-hybridized carbons (Fsp3) is 0.263. The molecular formula is C19H15FN4O3S2. The minimum Gasteiger partial charge on any atom is -0.420 e. The molecule has 1 aromatic carbocycles. The van der Waals surface area contributed by atoms with Crippen molar-refractivity contribution in [3.8, 4) is 6.07 Å². The number of anilines is 1. The van der Waals surface area contributed by atoms with Gasteiger partial charge in [-0.15, -0.1) is 0 Å². The second-order valence-corrected chi connectivity index (χ2v) is 7.99. The van der Waals surface area contributed by atoms with Crippen molar-refractivity contribution in [2.24, 2.45) is 0 Å². The van der Waals surface area contributed by atoms with Crippen molar-refractivity contribution in [3.63, 3.8) is 0 Å². The monoisotopic (exact) mass is 430 g/mol. The Morgan fingerprint density at radius 3 is 2.72 bits per heavy atom. The molecule has 10 heteroatoms. The number of carbonyl (C=O) groups is 1. The maximum absolute atomic E-state index is 13.1. The molecule has 3 heterocycles. The normalized spacial score (nSPS) is 18.6. The maximum atomic E-state index is 13.1.